The first-order chi connectivity index (χ1) is 6.83. The normalized spacial score (nSPS) is 10.1. The molecule has 2 nitrogen and oxygen atoms in total. The second kappa shape index (κ2) is 6.38. The van der Waals surface area contributed by atoms with E-state index in [1.807, 2.05) is 6.92 Å². The SMILES string of the molecule is CCOCCCOc1cc[c]c(F)c1. The molecule has 77 valence electrons. The standard InChI is InChI=1S/C11H14FO2/c1-2-13-7-4-8-14-11-6-3-5-10(12)9-11/h3,6,9H,2,4,7-8H2,1H3. The van der Waals surface area contributed by atoms with Gasteiger partial charge in [0.05, 0.1) is 6.61 Å². The van der Waals surface area contributed by atoms with Crippen molar-refractivity contribution < 1.29 is 13.9 Å². The molecule has 14 heavy (non-hydrogen) atoms. The van der Waals surface area contributed by atoms with Crippen molar-refractivity contribution in [2.24, 2.45) is 0 Å². The van der Waals surface area contributed by atoms with Crippen molar-refractivity contribution in [3.63, 3.8) is 0 Å². The summed E-state index contributed by atoms with van der Waals surface area (Å²) in [7, 11) is 0. The van der Waals surface area contributed by atoms with E-state index in [1.54, 1.807) is 6.07 Å². The molecule has 1 radical (unpaired) electrons. The molecule has 0 heterocycles. The molecule has 0 aliphatic rings. The first-order valence-electron chi connectivity index (χ1n) is 4.70. The molecule has 0 saturated carbocycles. The van der Waals surface area contributed by atoms with E-state index in [9.17, 15) is 4.39 Å². The molecule has 0 aliphatic carbocycles. The van der Waals surface area contributed by atoms with Gasteiger partial charge in [-0.1, -0.05) is 0 Å². The van der Waals surface area contributed by atoms with E-state index in [0.29, 0.717) is 19.0 Å². The van der Waals surface area contributed by atoms with Crippen LogP contribution >= 0.6 is 0 Å². The Balaban J connectivity index is 2.18. The van der Waals surface area contributed by atoms with Crippen molar-refractivity contribution in [3.8, 4) is 5.75 Å². The lowest BCUT2D eigenvalue weighted by atomic mass is 10.3. The maximum atomic E-state index is 12.6. The maximum Gasteiger partial charge on any atom is 0.134 e. The number of benzene rings is 1. The van der Waals surface area contributed by atoms with Crippen molar-refractivity contribution in [2.75, 3.05) is 19.8 Å². The van der Waals surface area contributed by atoms with Gasteiger partial charge in [0, 0.05) is 31.8 Å². The zero-order chi connectivity index (χ0) is 10.2. The topological polar surface area (TPSA) is 18.5 Å². The fourth-order valence-corrected chi connectivity index (χ4v) is 1.00. The molecular formula is C11H14FO2. The third-order valence-electron chi connectivity index (χ3n) is 1.64. The molecule has 0 bridgehead atoms. The van der Waals surface area contributed by atoms with Gasteiger partial charge in [-0.2, -0.15) is 0 Å². The van der Waals surface area contributed by atoms with Crippen LogP contribution in [0.1, 0.15) is 13.3 Å². The van der Waals surface area contributed by atoms with Crippen molar-refractivity contribution in [1.29, 1.82) is 0 Å². The molecule has 0 fully saturated rings. The molecule has 0 unspecified atom stereocenters. The Morgan fingerprint density at radius 1 is 1.43 bits per heavy atom. The van der Waals surface area contributed by atoms with Gasteiger partial charge in [0.25, 0.3) is 0 Å². The molecule has 0 N–H and O–H groups in total. The summed E-state index contributed by atoms with van der Waals surface area (Å²) < 4.78 is 23.1. The number of ether oxygens (including phenoxy) is 2. The zero-order valence-corrected chi connectivity index (χ0v) is 8.25. The highest BCUT2D eigenvalue weighted by Gasteiger charge is 1.95. The van der Waals surface area contributed by atoms with E-state index < -0.39 is 5.82 Å². The predicted molar refractivity (Wildman–Crippen MR) is 51.8 cm³/mol. The summed E-state index contributed by atoms with van der Waals surface area (Å²) in [5, 5.41) is 0. The van der Waals surface area contributed by atoms with E-state index in [1.165, 1.54) is 12.1 Å². The summed E-state index contributed by atoms with van der Waals surface area (Å²) in [4.78, 5) is 0. The minimum absolute atomic E-state index is 0.396. The smallest absolute Gasteiger partial charge is 0.134 e. The van der Waals surface area contributed by atoms with Gasteiger partial charge >= 0.3 is 0 Å². The Morgan fingerprint density at radius 2 is 2.29 bits per heavy atom. The quantitative estimate of drug-likeness (QED) is 0.652. The predicted octanol–water partition coefficient (Wildman–Crippen LogP) is 2.43. The van der Waals surface area contributed by atoms with Gasteiger partial charge in [0.2, 0.25) is 0 Å². The van der Waals surface area contributed by atoms with Crippen LogP contribution in [0, 0.1) is 11.9 Å². The highest BCUT2D eigenvalue weighted by molar-refractivity contribution is 5.21. The summed E-state index contributed by atoms with van der Waals surface area (Å²) in [6.45, 7) is 3.89. The van der Waals surface area contributed by atoms with Crippen molar-refractivity contribution in [1.82, 2.24) is 0 Å². The summed E-state index contributed by atoms with van der Waals surface area (Å²) >= 11 is 0. The van der Waals surface area contributed by atoms with Gasteiger partial charge in [-0.25, -0.2) is 4.39 Å². The van der Waals surface area contributed by atoms with Crippen LogP contribution in [0.3, 0.4) is 0 Å². The lowest BCUT2D eigenvalue weighted by Gasteiger charge is -2.05. The van der Waals surface area contributed by atoms with E-state index >= 15 is 0 Å². The van der Waals surface area contributed by atoms with Crippen LogP contribution in [0.2, 0.25) is 0 Å². The summed E-state index contributed by atoms with van der Waals surface area (Å²) in [5.74, 6) is 0.144. The van der Waals surface area contributed by atoms with Crippen LogP contribution in [-0.4, -0.2) is 19.8 Å². The minimum atomic E-state index is -0.396. The summed E-state index contributed by atoms with van der Waals surface area (Å²) in [5.41, 5.74) is 0. The zero-order valence-electron chi connectivity index (χ0n) is 8.25. The second-order valence-corrected chi connectivity index (χ2v) is 2.77. The largest absolute Gasteiger partial charge is 0.493 e. The van der Waals surface area contributed by atoms with E-state index in [0.717, 1.165) is 13.0 Å². The molecule has 3 heteroatoms. The fourth-order valence-electron chi connectivity index (χ4n) is 1.00. The van der Waals surface area contributed by atoms with Crippen LogP contribution < -0.4 is 4.74 Å². The Kier molecular flexibility index (Phi) is 5.00. The van der Waals surface area contributed by atoms with Gasteiger partial charge in [-0.3, -0.25) is 0 Å². The van der Waals surface area contributed by atoms with E-state index in [-0.39, 0.29) is 0 Å². The van der Waals surface area contributed by atoms with Gasteiger partial charge in [-0.15, -0.1) is 0 Å². The van der Waals surface area contributed by atoms with Gasteiger partial charge in [0.15, 0.2) is 0 Å². The molecule has 1 aromatic carbocycles. The Morgan fingerprint density at radius 3 is 3.00 bits per heavy atom. The van der Waals surface area contributed by atoms with Crippen molar-refractivity contribution >= 4 is 0 Å². The molecule has 1 rings (SSSR count). The van der Waals surface area contributed by atoms with Gasteiger partial charge in [-0.05, 0) is 19.1 Å². The van der Waals surface area contributed by atoms with Gasteiger partial charge < -0.3 is 9.47 Å². The Hall–Kier alpha value is -1.09. The summed E-state index contributed by atoms with van der Waals surface area (Å²) in [6, 6.07) is 6.92. The second-order valence-electron chi connectivity index (χ2n) is 2.77. The van der Waals surface area contributed by atoms with Crippen LogP contribution in [0.15, 0.2) is 18.2 Å². The third kappa shape index (κ3) is 4.23. The molecule has 0 saturated heterocycles. The Labute approximate surface area is 83.6 Å². The minimum Gasteiger partial charge on any atom is -0.493 e. The number of halogens is 1. The highest BCUT2D eigenvalue weighted by atomic mass is 19.1. The van der Waals surface area contributed by atoms with Crippen LogP contribution in [0.25, 0.3) is 0 Å². The number of hydrogen-bond acceptors (Lipinski definition) is 2. The van der Waals surface area contributed by atoms with Crippen LogP contribution in [-0.2, 0) is 4.74 Å². The van der Waals surface area contributed by atoms with Crippen molar-refractivity contribution in [2.45, 2.75) is 13.3 Å². The molecular weight excluding hydrogens is 183 g/mol. The van der Waals surface area contributed by atoms with E-state index in [2.05, 4.69) is 6.07 Å². The molecule has 1 aromatic rings. The van der Waals surface area contributed by atoms with Crippen LogP contribution in [0.5, 0.6) is 5.75 Å². The Bertz CT molecular complexity index is 263. The van der Waals surface area contributed by atoms with Crippen molar-refractivity contribution in [3.05, 3.63) is 30.1 Å². The number of rotatable bonds is 6. The average Bonchev–Trinajstić information content (AvgIpc) is 2.18. The van der Waals surface area contributed by atoms with E-state index in [4.69, 9.17) is 9.47 Å². The third-order valence-corrected chi connectivity index (χ3v) is 1.64. The lowest BCUT2D eigenvalue weighted by Crippen LogP contribution is -2.02. The first kappa shape index (κ1) is 11.0. The molecule has 0 aromatic heterocycles. The van der Waals surface area contributed by atoms with Gasteiger partial charge in [0.1, 0.15) is 11.6 Å². The monoisotopic (exact) mass is 197 g/mol. The number of hydrogen-bond donors (Lipinski definition) is 0. The lowest BCUT2D eigenvalue weighted by molar-refractivity contribution is 0.131. The highest BCUT2D eigenvalue weighted by Crippen LogP contribution is 2.11. The molecule has 0 aliphatic heterocycles. The summed E-state index contributed by atoms with van der Waals surface area (Å²) in [6.07, 6.45) is 0.814. The molecule has 0 spiro atoms. The fraction of sp³-hybridized carbons (Fsp3) is 0.455. The van der Waals surface area contributed by atoms with Crippen LogP contribution in [0.4, 0.5) is 4.39 Å². The first-order valence-corrected chi connectivity index (χ1v) is 4.70. The molecule has 0 amide bonds. The molecule has 0 atom stereocenters. The maximum absolute atomic E-state index is 12.6. The average molecular weight is 197 g/mol.